The summed E-state index contributed by atoms with van der Waals surface area (Å²) in [4.78, 5) is 5.87. The summed E-state index contributed by atoms with van der Waals surface area (Å²) in [5.74, 6) is -1.74. The topological polar surface area (TPSA) is 62.5 Å². The standard InChI is InChI=1S/C14H22F2N4O2/c1-19-5-3-17-12(19)6-18-10-8-22-11(13(10)21)7-20-4-2-14(15,16)9-20/h3,5,10-11,13,18,21H,2,4,6-9H2,1H3. The molecule has 3 heterocycles. The normalized spacial score (nSPS) is 31.9. The van der Waals surface area contributed by atoms with Gasteiger partial charge < -0.3 is 19.7 Å². The number of hydrogen-bond acceptors (Lipinski definition) is 5. The Labute approximate surface area is 128 Å². The first-order valence-corrected chi connectivity index (χ1v) is 7.54. The first-order chi connectivity index (χ1) is 10.4. The highest BCUT2D eigenvalue weighted by Crippen LogP contribution is 2.28. The molecule has 0 spiro atoms. The fraction of sp³-hybridized carbons (Fsp3) is 0.786. The molecule has 6 nitrogen and oxygen atoms in total. The molecular formula is C14H22F2N4O2. The van der Waals surface area contributed by atoms with E-state index in [0.717, 1.165) is 5.82 Å². The second-order valence-electron chi connectivity index (χ2n) is 6.15. The minimum absolute atomic E-state index is 0.114. The number of aryl methyl sites for hydroxylation is 1. The molecule has 0 radical (unpaired) electrons. The molecule has 1 aromatic rings. The van der Waals surface area contributed by atoms with Crippen LogP contribution in [0.25, 0.3) is 0 Å². The van der Waals surface area contributed by atoms with Crippen molar-refractivity contribution < 1.29 is 18.6 Å². The first-order valence-electron chi connectivity index (χ1n) is 7.54. The SMILES string of the molecule is Cn1ccnc1CNC1COC(CN2CCC(F)(F)C2)C1O. The highest BCUT2D eigenvalue weighted by Gasteiger charge is 2.42. The Morgan fingerprint density at radius 3 is 3.00 bits per heavy atom. The predicted molar refractivity (Wildman–Crippen MR) is 75.6 cm³/mol. The average Bonchev–Trinajstić information content (AvgIpc) is 3.11. The summed E-state index contributed by atoms with van der Waals surface area (Å²) >= 11 is 0. The van der Waals surface area contributed by atoms with Gasteiger partial charge in [-0.15, -0.1) is 0 Å². The lowest BCUT2D eigenvalue weighted by atomic mass is 10.1. The molecule has 0 saturated carbocycles. The smallest absolute Gasteiger partial charge is 0.261 e. The minimum atomic E-state index is -2.61. The molecule has 3 atom stereocenters. The molecule has 0 amide bonds. The van der Waals surface area contributed by atoms with E-state index in [-0.39, 0.29) is 19.0 Å². The highest BCUT2D eigenvalue weighted by molar-refractivity contribution is 4.95. The van der Waals surface area contributed by atoms with E-state index in [1.54, 1.807) is 11.1 Å². The summed E-state index contributed by atoms with van der Waals surface area (Å²) in [5.41, 5.74) is 0. The zero-order chi connectivity index (χ0) is 15.7. The fourth-order valence-corrected chi connectivity index (χ4v) is 3.03. The molecule has 2 fully saturated rings. The van der Waals surface area contributed by atoms with Crippen molar-refractivity contribution in [2.75, 3.05) is 26.2 Å². The second kappa shape index (κ2) is 6.19. The maximum Gasteiger partial charge on any atom is 0.261 e. The molecule has 8 heteroatoms. The third-order valence-corrected chi connectivity index (χ3v) is 4.41. The van der Waals surface area contributed by atoms with Gasteiger partial charge in [-0.2, -0.15) is 0 Å². The molecule has 2 N–H and O–H groups in total. The Bertz CT molecular complexity index is 511. The van der Waals surface area contributed by atoms with Crippen LogP contribution in [0.4, 0.5) is 8.78 Å². The monoisotopic (exact) mass is 316 g/mol. The Morgan fingerprint density at radius 1 is 1.55 bits per heavy atom. The number of nitrogens with one attached hydrogen (secondary N) is 1. The van der Waals surface area contributed by atoms with E-state index >= 15 is 0 Å². The lowest BCUT2D eigenvalue weighted by molar-refractivity contribution is -0.00740. The number of hydrogen-bond donors (Lipinski definition) is 2. The molecule has 2 saturated heterocycles. The van der Waals surface area contributed by atoms with Crippen LogP contribution in [-0.4, -0.2) is 70.0 Å². The molecule has 124 valence electrons. The van der Waals surface area contributed by atoms with Crippen LogP contribution in [0.2, 0.25) is 0 Å². The largest absolute Gasteiger partial charge is 0.389 e. The lowest BCUT2D eigenvalue weighted by Gasteiger charge is -2.23. The summed E-state index contributed by atoms with van der Waals surface area (Å²) in [7, 11) is 1.90. The Kier molecular flexibility index (Phi) is 4.44. The Balaban J connectivity index is 1.48. The van der Waals surface area contributed by atoms with Crippen molar-refractivity contribution in [3.8, 4) is 0 Å². The molecule has 3 rings (SSSR count). The number of aliphatic hydroxyl groups is 1. The highest BCUT2D eigenvalue weighted by atomic mass is 19.3. The minimum Gasteiger partial charge on any atom is -0.389 e. The van der Waals surface area contributed by atoms with E-state index in [4.69, 9.17) is 4.74 Å². The van der Waals surface area contributed by atoms with Gasteiger partial charge in [-0.3, -0.25) is 4.90 Å². The number of aromatic nitrogens is 2. The van der Waals surface area contributed by atoms with Crippen LogP contribution in [0, 0.1) is 0 Å². The van der Waals surface area contributed by atoms with E-state index in [1.165, 1.54) is 0 Å². The number of alkyl halides is 2. The Hall–Kier alpha value is -1.09. The molecule has 0 bridgehead atoms. The van der Waals surface area contributed by atoms with Crippen molar-refractivity contribution in [2.45, 2.75) is 37.1 Å². The van der Waals surface area contributed by atoms with E-state index in [1.807, 2.05) is 17.8 Å². The third-order valence-electron chi connectivity index (χ3n) is 4.41. The molecule has 0 aliphatic carbocycles. The van der Waals surface area contributed by atoms with Crippen LogP contribution < -0.4 is 5.32 Å². The molecular weight excluding hydrogens is 294 g/mol. The molecule has 22 heavy (non-hydrogen) atoms. The van der Waals surface area contributed by atoms with Gasteiger partial charge in [0.1, 0.15) is 5.82 Å². The number of halogens is 2. The zero-order valence-corrected chi connectivity index (χ0v) is 12.6. The quantitative estimate of drug-likeness (QED) is 0.799. The lowest BCUT2D eigenvalue weighted by Crippen LogP contribution is -2.44. The summed E-state index contributed by atoms with van der Waals surface area (Å²) in [6.45, 7) is 1.36. The molecule has 2 aliphatic heterocycles. The molecule has 3 unspecified atom stereocenters. The molecule has 1 aromatic heterocycles. The van der Waals surface area contributed by atoms with Crippen molar-refractivity contribution in [3.63, 3.8) is 0 Å². The van der Waals surface area contributed by atoms with E-state index in [0.29, 0.717) is 26.2 Å². The van der Waals surface area contributed by atoms with Gasteiger partial charge in [-0.25, -0.2) is 13.8 Å². The van der Waals surface area contributed by atoms with Gasteiger partial charge in [0.15, 0.2) is 0 Å². The summed E-state index contributed by atoms with van der Waals surface area (Å²) < 4.78 is 33.9. The summed E-state index contributed by atoms with van der Waals surface area (Å²) in [6.07, 6.45) is 2.34. The van der Waals surface area contributed by atoms with Crippen LogP contribution in [0.15, 0.2) is 12.4 Å². The Morgan fingerprint density at radius 2 is 2.36 bits per heavy atom. The van der Waals surface area contributed by atoms with Crippen LogP contribution in [0.3, 0.4) is 0 Å². The van der Waals surface area contributed by atoms with Crippen LogP contribution in [-0.2, 0) is 18.3 Å². The van der Waals surface area contributed by atoms with Crippen molar-refractivity contribution in [1.29, 1.82) is 0 Å². The fourth-order valence-electron chi connectivity index (χ4n) is 3.03. The van der Waals surface area contributed by atoms with Crippen molar-refractivity contribution >= 4 is 0 Å². The molecule has 2 aliphatic rings. The average molecular weight is 316 g/mol. The summed E-state index contributed by atoms with van der Waals surface area (Å²) in [5, 5.41) is 13.5. The van der Waals surface area contributed by atoms with Crippen LogP contribution >= 0.6 is 0 Å². The summed E-state index contributed by atoms with van der Waals surface area (Å²) in [6, 6.07) is -0.204. The van der Waals surface area contributed by atoms with Crippen LogP contribution in [0.5, 0.6) is 0 Å². The number of rotatable bonds is 5. The predicted octanol–water partition coefficient (Wildman–Crippen LogP) is -0.0210. The first kappa shape index (κ1) is 15.8. The van der Waals surface area contributed by atoms with Gasteiger partial charge >= 0.3 is 0 Å². The van der Waals surface area contributed by atoms with E-state index in [9.17, 15) is 13.9 Å². The molecule has 0 aromatic carbocycles. The third kappa shape index (κ3) is 3.45. The maximum absolute atomic E-state index is 13.2. The maximum atomic E-state index is 13.2. The van der Waals surface area contributed by atoms with Gasteiger partial charge in [0.2, 0.25) is 0 Å². The number of aliphatic hydroxyl groups excluding tert-OH is 1. The number of nitrogens with zero attached hydrogens (tertiary/aromatic N) is 3. The van der Waals surface area contributed by atoms with E-state index < -0.39 is 18.1 Å². The van der Waals surface area contributed by atoms with E-state index in [2.05, 4.69) is 10.3 Å². The second-order valence-corrected chi connectivity index (χ2v) is 6.15. The van der Waals surface area contributed by atoms with Crippen molar-refractivity contribution in [1.82, 2.24) is 19.8 Å². The van der Waals surface area contributed by atoms with Crippen molar-refractivity contribution in [3.05, 3.63) is 18.2 Å². The number of imidazole rings is 1. The van der Waals surface area contributed by atoms with Gasteiger partial charge in [-0.05, 0) is 0 Å². The van der Waals surface area contributed by atoms with Gasteiger partial charge in [0.25, 0.3) is 5.92 Å². The number of likely N-dealkylation sites (tertiary alicyclic amines) is 1. The zero-order valence-electron chi connectivity index (χ0n) is 12.6. The van der Waals surface area contributed by atoms with Crippen molar-refractivity contribution in [2.24, 2.45) is 7.05 Å². The van der Waals surface area contributed by atoms with Gasteiger partial charge in [-0.1, -0.05) is 0 Å². The van der Waals surface area contributed by atoms with Crippen LogP contribution in [0.1, 0.15) is 12.2 Å². The van der Waals surface area contributed by atoms with Gasteiger partial charge in [0.05, 0.1) is 37.9 Å². The van der Waals surface area contributed by atoms with Gasteiger partial charge in [0, 0.05) is 39.0 Å². The number of ether oxygens (including phenoxy) is 1.